The first-order valence-electron chi connectivity index (χ1n) is 10.1. The Kier molecular flexibility index (Phi) is 7.11. The quantitative estimate of drug-likeness (QED) is 0.290. The third-order valence-electron chi connectivity index (χ3n) is 5.12. The molecule has 8 nitrogen and oxygen atoms in total. The van der Waals surface area contributed by atoms with Crippen molar-refractivity contribution in [1.29, 1.82) is 0 Å². The third-order valence-corrected chi connectivity index (χ3v) is 6.47. The second kappa shape index (κ2) is 10.2. The molecule has 2 heterocycles. The summed E-state index contributed by atoms with van der Waals surface area (Å²) in [4.78, 5) is 32.0. The molecule has 0 bridgehead atoms. The zero-order valence-corrected chi connectivity index (χ0v) is 18.7. The Morgan fingerprint density at radius 3 is 2.69 bits per heavy atom. The lowest BCUT2D eigenvalue weighted by Gasteiger charge is -2.28. The van der Waals surface area contributed by atoms with Crippen LogP contribution in [0.5, 0.6) is 0 Å². The number of para-hydroxylation sites is 1. The lowest BCUT2D eigenvalue weighted by atomic mass is 10.2. The number of rotatable bonds is 7. The van der Waals surface area contributed by atoms with Crippen LogP contribution in [0.1, 0.15) is 5.56 Å². The van der Waals surface area contributed by atoms with Crippen LogP contribution in [0.2, 0.25) is 5.02 Å². The maximum Gasteiger partial charge on any atom is 0.269 e. The van der Waals surface area contributed by atoms with Gasteiger partial charge < -0.3 is 4.74 Å². The number of benzene rings is 2. The number of aromatic nitrogens is 1. The normalized spacial score (nSPS) is 14.8. The first-order valence-corrected chi connectivity index (χ1v) is 11.3. The Balaban J connectivity index is 1.55. The Hall–Kier alpha value is -2.85. The van der Waals surface area contributed by atoms with Crippen molar-refractivity contribution in [2.75, 3.05) is 44.3 Å². The predicted octanol–water partition coefficient (Wildman–Crippen LogP) is 4.24. The SMILES string of the molecule is O=C(/C=C/c1ccc([N+](=O)[O-])cc1)N(CCN1CCOCC1)c1nc2c(Cl)cccc2s1. The molecule has 1 aromatic heterocycles. The van der Waals surface area contributed by atoms with Crippen LogP contribution >= 0.6 is 22.9 Å². The van der Waals surface area contributed by atoms with Crippen LogP contribution in [0.4, 0.5) is 10.8 Å². The number of thiazole rings is 1. The number of anilines is 1. The van der Waals surface area contributed by atoms with Gasteiger partial charge in [0.05, 0.1) is 27.9 Å². The van der Waals surface area contributed by atoms with E-state index in [4.69, 9.17) is 16.3 Å². The van der Waals surface area contributed by atoms with Crippen LogP contribution in [0, 0.1) is 10.1 Å². The van der Waals surface area contributed by atoms with E-state index in [1.54, 1.807) is 29.2 Å². The Labute approximate surface area is 193 Å². The number of hydrogen-bond acceptors (Lipinski definition) is 7. The molecule has 3 aromatic rings. The van der Waals surface area contributed by atoms with Gasteiger partial charge in [-0.3, -0.25) is 24.7 Å². The van der Waals surface area contributed by atoms with E-state index < -0.39 is 4.92 Å². The van der Waals surface area contributed by atoms with E-state index in [0.717, 1.165) is 17.8 Å². The molecule has 0 atom stereocenters. The molecule has 1 amide bonds. The lowest BCUT2D eigenvalue weighted by Crippen LogP contribution is -2.42. The number of carbonyl (C=O) groups excluding carboxylic acids is 1. The second-order valence-electron chi connectivity index (χ2n) is 7.21. The molecule has 0 spiro atoms. The summed E-state index contributed by atoms with van der Waals surface area (Å²) in [6.07, 6.45) is 3.11. The minimum atomic E-state index is -0.454. The summed E-state index contributed by atoms with van der Waals surface area (Å²) in [6.45, 7) is 4.19. The van der Waals surface area contributed by atoms with E-state index in [-0.39, 0.29) is 11.6 Å². The standard InChI is InChI=1S/C22H21ClN4O4S/c23-18-2-1-3-19-21(18)24-22(32-19)26(11-10-25-12-14-31-15-13-25)20(28)9-6-16-4-7-17(8-5-16)27(29)30/h1-9H,10-15H2/b9-6+. The van der Waals surface area contributed by atoms with Gasteiger partial charge in [-0.05, 0) is 35.9 Å². The zero-order chi connectivity index (χ0) is 22.5. The summed E-state index contributed by atoms with van der Waals surface area (Å²) in [5, 5.41) is 12.0. The van der Waals surface area contributed by atoms with E-state index in [9.17, 15) is 14.9 Å². The maximum atomic E-state index is 13.1. The number of nitrogens with zero attached hydrogens (tertiary/aromatic N) is 4. The lowest BCUT2D eigenvalue weighted by molar-refractivity contribution is -0.384. The van der Waals surface area contributed by atoms with Gasteiger partial charge in [-0.25, -0.2) is 4.98 Å². The van der Waals surface area contributed by atoms with Crippen LogP contribution in [-0.4, -0.2) is 60.1 Å². The van der Waals surface area contributed by atoms with Gasteiger partial charge >= 0.3 is 0 Å². The molecular weight excluding hydrogens is 452 g/mol. The molecule has 0 N–H and O–H groups in total. The molecular formula is C22H21ClN4O4S. The van der Waals surface area contributed by atoms with E-state index in [1.807, 2.05) is 12.1 Å². The van der Waals surface area contributed by atoms with Gasteiger partial charge in [-0.15, -0.1) is 0 Å². The smallest absolute Gasteiger partial charge is 0.269 e. The van der Waals surface area contributed by atoms with Crippen molar-refractivity contribution in [3.05, 3.63) is 69.2 Å². The fourth-order valence-electron chi connectivity index (χ4n) is 3.35. The summed E-state index contributed by atoms with van der Waals surface area (Å²) < 4.78 is 6.31. The first-order chi connectivity index (χ1) is 15.5. The zero-order valence-electron chi connectivity index (χ0n) is 17.1. The van der Waals surface area contributed by atoms with Crippen molar-refractivity contribution in [3.63, 3.8) is 0 Å². The molecule has 0 aliphatic carbocycles. The van der Waals surface area contributed by atoms with Crippen molar-refractivity contribution in [2.24, 2.45) is 0 Å². The Morgan fingerprint density at radius 1 is 1.25 bits per heavy atom. The third kappa shape index (κ3) is 5.31. The van der Waals surface area contributed by atoms with Crippen molar-refractivity contribution in [1.82, 2.24) is 9.88 Å². The highest BCUT2D eigenvalue weighted by Gasteiger charge is 2.20. The molecule has 10 heteroatoms. The number of nitro groups is 1. The molecule has 1 saturated heterocycles. The maximum absolute atomic E-state index is 13.1. The van der Waals surface area contributed by atoms with Gasteiger partial charge in [0.2, 0.25) is 0 Å². The van der Waals surface area contributed by atoms with Crippen molar-refractivity contribution in [3.8, 4) is 0 Å². The fourth-order valence-corrected chi connectivity index (χ4v) is 4.65. The van der Waals surface area contributed by atoms with Crippen LogP contribution in [0.25, 0.3) is 16.3 Å². The largest absolute Gasteiger partial charge is 0.379 e. The van der Waals surface area contributed by atoms with Gasteiger partial charge in [-0.2, -0.15) is 0 Å². The van der Waals surface area contributed by atoms with Gasteiger partial charge in [0, 0.05) is 44.4 Å². The number of hydrogen-bond donors (Lipinski definition) is 0. The van der Waals surface area contributed by atoms with Crippen molar-refractivity contribution >= 4 is 56.0 Å². The average molecular weight is 473 g/mol. The second-order valence-corrected chi connectivity index (χ2v) is 8.63. The molecule has 0 saturated carbocycles. The number of carbonyl (C=O) groups is 1. The van der Waals surface area contributed by atoms with Gasteiger partial charge in [0.15, 0.2) is 5.13 Å². The van der Waals surface area contributed by atoms with Crippen LogP contribution in [0.3, 0.4) is 0 Å². The highest BCUT2D eigenvalue weighted by molar-refractivity contribution is 7.22. The predicted molar refractivity (Wildman–Crippen MR) is 126 cm³/mol. The minimum Gasteiger partial charge on any atom is -0.379 e. The number of fused-ring (bicyclic) bond motifs is 1. The molecule has 1 fully saturated rings. The van der Waals surface area contributed by atoms with Crippen molar-refractivity contribution < 1.29 is 14.5 Å². The Morgan fingerprint density at radius 2 is 2.00 bits per heavy atom. The molecule has 2 aromatic carbocycles. The van der Waals surface area contributed by atoms with Crippen LogP contribution < -0.4 is 4.90 Å². The number of amides is 1. The molecule has 32 heavy (non-hydrogen) atoms. The molecule has 1 aliphatic heterocycles. The first kappa shape index (κ1) is 22.3. The number of halogens is 1. The molecule has 166 valence electrons. The number of non-ortho nitro benzene ring substituents is 1. The fraction of sp³-hybridized carbons (Fsp3) is 0.273. The monoisotopic (exact) mass is 472 g/mol. The highest BCUT2D eigenvalue weighted by atomic mass is 35.5. The summed E-state index contributed by atoms with van der Waals surface area (Å²) in [5.41, 5.74) is 1.38. The van der Waals surface area contributed by atoms with E-state index in [1.165, 1.54) is 29.5 Å². The minimum absolute atomic E-state index is 0.00645. The number of nitro benzene ring substituents is 1. The summed E-state index contributed by atoms with van der Waals surface area (Å²) in [7, 11) is 0. The number of morpholine rings is 1. The summed E-state index contributed by atoms with van der Waals surface area (Å²) >= 11 is 7.71. The topological polar surface area (TPSA) is 88.8 Å². The number of ether oxygens (including phenoxy) is 1. The summed E-state index contributed by atoms with van der Waals surface area (Å²) in [6, 6.07) is 11.6. The van der Waals surface area contributed by atoms with Crippen LogP contribution in [0.15, 0.2) is 48.5 Å². The van der Waals surface area contributed by atoms with Crippen molar-refractivity contribution in [2.45, 2.75) is 0 Å². The van der Waals surface area contributed by atoms with Gasteiger partial charge in [0.25, 0.3) is 11.6 Å². The summed E-state index contributed by atoms with van der Waals surface area (Å²) in [5.74, 6) is -0.216. The van der Waals surface area contributed by atoms with Crippen LogP contribution in [-0.2, 0) is 9.53 Å². The molecule has 0 unspecified atom stereocenters. The average Bonchev–Trinajstić information content (AvgIpc) is 3.24. The highest BCUT2D eigenvalue weighted by Crippen LogP contribution is 2.33. The molecule has 1 aliphatic rings. The van der Waals surface area contributed by atoms with Gasteiger partial charge in [0.1, 0.15) is 5.52 Å². The van der Waals surface area contributed by atoms with E-state index >= 15 is 0 Å². The van der Waals surface area contributed by atoms with E-state index in [0.29, 0.717) is 47.5 Å². The van der Waals surface area contributed by atoms with Gasteiger partial charge in [-0.1, -0.05) is 29.0 Å². The van der Waals surface area contributed by atoms with E-state index in [2.05, 4.69) is 9.88 Å². The molecule has 0 radical (unpaired) electrons. The molecule has 4 rings (SSSR count). The Bertz CT molecular complexity index is 1140.